The van der Waals surface area contributed by atoms with Gasteiger partial charge in [0.25, 0.3) is 0 Å². The first-order chi connectivity index (χ1) is 6.86. The number of nitrogens with zero attached hydrogens (tertiary/aromatic N) is 1. The predicted molar refractivity (Wildman–Crippen MR) is 46.7 cm³/mol. The van der Waals surface area contributed by atoms with Crippen molar-refractivity contribution >= 4 is 5.97 Å². The van der Waals surface area contributed by atoms with Gasteiger partial charge in [-0.05, 0) is 6.42 Å². The Labute approximate surface area is 84.1 Å². The highest BCUT2D eigenvalue weighted by molar-refractivity contribution is 5.89. The highest BCUT2D eigenvalue weighted by atomic mass is 19.4. The molecule has 6 heteroatoms. The lowest BCUT2D eigenvalue weighted by Crippen LogP contribution is -2.09. The number of aromatic carboxylic acids is 1. The van der Waals surface area contributed by atoms with Crippen LogP contribution in [-0.2, 0) is 12.7 Å². The van der Waals surface area contributed by atoms with Gasteiger partial charge >= 0.3 is 12.1 Å². The average molecular weight is 221 g/mol. The molecule has 0 radical (unpaired) electrons. The van der Waals surface area contributed by atoms with Crippen molar-refractivity contribution in [3.63, 3.8) is 0 Å². The molecule has 1 aromatic heterocycles. The maximum atomic E-state index is 12.4. The molecule has 0 aromatic carbocycles. The van der Waals surface area contributed by atoms with Gasteiger partial charge in [0, 0.05) is 18.9 Å². The van der Waals surface area contributed by atoms with Crippen LogP contribution in [0.4, 0.5) is 13.2 Å². The molecule has 0 saturated carbocycles. The molecular formula is C9H10F3NO2. The normalized spacial score (nSPS) is 11.7. The van der Waals surface area contributed by atoms with Gasteiger partial charge in [0.1, 0.15) is 0 Å². The minimum absolute atomic E-state index is 0.371. The van der Waals surface area contributed by atoms with Gasteiger partial charge in [-0.3, -0.25) is 0 Å². The summed E-state index contributed by atoms with van der Waals surface area (Å²) in [6, 6.07) is 0. The molecule has 1 aromatic rings. The van der Waals surface area contributed by atoms with Gasteiger partial charge in [0.05, 0.1) is 11.1 Å². The van der Waals surface area contributed by atoms with Crippen molar-refractivity contribution in [2.24, 2.45) is 0 Å². The van der Waals surface area contributed by atoms with Crippen LogP contribution in [0.3, 0.4) is 0 Å². The van der Waals surface area contributed by atoms with Crippen LogP contribution < -0.4 is 0 Å². The minimum Gasteiger partial charge on any atom is -0.478 e. The Morgan fingerprint density at radius 3 is 2.40 bits per heavy atom. The van der Waals surface area contributed by atoms with Crippen molar-refractivity contribution in [3.05, 3.63) is 23.5 Å². The van der Waals surface area contributed by atoms with E-state index in [9.17, 15) is 18.0 Å². The first-order valence-corrected chi connectivity index (χ1v) is 4.36. The van der Waals surface area contributed by atoms with Crippen LogP contribution in [-0.4, -0.2) is 15.6 Å². The zero-order valence-electron chi connectivity index (χ0n) is 8.01. The smallest absolute Gasteiger partial charge is 0.418 e. The minimum atomic E-state index is -4.62. The van der Waals surface area contributed by atoms with Gasteiger partial charge in [0.15, 0.2) is 0 Å². The maximum Gasteiger partial charge on any atom is 0.418 e. The molecule has 0 unspecified atom stereocenters. The van der Waals surface area contributed by atoms with Crippen molar-refractivity contribution < 1.29 is 23.1 Å². The van der Waals surface area contributed by atoms with Crippen LogP contribution >= 0.6 is 0 Å². The molecular weight excluding hydrogens is 211 g/mol. The summed E-state index contributed by atoms with van der Waals surface area (Å²) in [6.07, 6.45) is -2.14. The SMILES string of the molecule is CCCn1cc(C(=O)O)c(C(F)(F)F)c1. The summed E-state index contributed by atoms with van der Waals surface area (Å²) < 4.78 is 38.4. The highest BCUT2D eigenvalue weighted by Crippen LogP contribution is 2.32. The number of alkyl halides is 3. The topological polar surface area (TPSA) is 42.2 Å². The monoisotopic (exact) mass is 221 g/mol. The zero-order chi connectivity index (χ0) is 11.6. The molecule has 1 N–H and O–H groups in total. The summed E-state index contributed by atoms with van der Waals surface area (Å²) in [6.45, 7) is 2.17. The number of rotatable bonds is 3. The lowest BCUT2D eigenvalue weighted by Gasteiger charge is -2.04. The second-order valence-electron chi connectivity index (χ2n) is 3.13. The highest BCUT2D eigenvalue weighted by Gasteiger charge is 2.36. The number of hydrogen-bond donors (Lipinski definition) is 1. The Bertz CT molecular complexity index is 368. The number of carbonyl (C=O) groups is 1. The van der Waals surface area contributed by atoms with E-state index >= 15 is 0 Å². The number of halogens is 3. The lowest BCUT2D eigenvalue weighted by atomic mass is 10.2. The first kappa shape index (κ1) is 11.6. The van der Waals surface area contributed by atoms with Crippen LogP contribution in [0.2, 0.25) is 0 Å². The number of hydrogen-bond acceptors (Lipinski definition) is 1. The van der Waals surface area contributed by atoms with Crippen LogP contribution in [0, 0.1) is 0 Å². The molecule has 0 bridgehead atoms. The number of carboxylic acid groups (broad SMARTS) is 1. The summed E-state index contributed by atoms with van der Waals surface area (Å²) >= 11 is 0. The third-order valence-electron chi connectivity index (χ3n) is 1.90. The van der Waals surface area contributed by atoms with E-state index in [4.69, 9.17) is 5.11 Å². The molecule has 0 aliphatic carbocycles. The largest absolute Gasteiger partial charge is 0.478 e. The molecule has 0 aliphatic heterocycles. The molecule has 0 amide bonds. The fourth-order valence-electron chi connectivity index (χ4n) is 1.29. The van der Waals surface area contributed by atoms with E-state index < -0.39 is 23.3 Å². The molecule has 0 fully saturated rings. The molecule has 84 valence electrons. The molecule has 1 rings (SSSR count). The fraction of sp³-hybridized carbons (Fsp3) is 0.444. The third kappa shape index (κ3) is 2.51. The molecule has 0 saturated heterocycles. The number of aryl methyl sites for hydroxylation is 1. The van der Waals surface area contributed by atoms with E-state index in [1.165, 1.54) is 4.57 Å². The van der Waals surface area contributed by atoms with Gasteiger partial charge < -0.3 is 9.67 Å². The number of aromatic nitrogens is 1. The van der Waals surface area contributed by atoms with Gasteiger partial charge in [-0.1, -0.05) is 6.92 Å². The second-order valence-corrected chi connectivity index (χ2v) is 3.13. The Hall–Kier alpha value is -1.46. The quantitative estimate of drug-likeness (QED) is 0.852. The van der Waals surface area contributed by atoms with Crippen LogP contribution in [0.5, 0.6) is 0 Å². The van der Waals surface area contributed by atoms with E-state index in [1.54, 1.807) is 6.92 Å². The van der Waals surface area contributed by atoms with Crippen molar-refractivity contribution in [3.8, 4) is 0 Å². The van der Waals surface area contributed by atoms with Gasteiger partial charge in [-0.2, -0.15) is 13.2 Å². The predicted octanol–water partition coefficient (Wildman–Crippen LogP) is 2.62. The lowest BCUT2D eigenvalue weighted by molar-refractivity contribution is -0.138. The molecule has 15 heavy (non-hydrogen) atoms. The summed E-state index contributed by atoms with van der Waals surface area (Å²) in [7, 11) is 0. The van der Waals surface area contributed by atoms with Crippen LogP contribution in [0.25, 0.3) is 0 Å². The second kappa shape index (κ2) is 3.96. The van der Waals surface area contributed by atoms with Gasteiger partial charge in [0.2, 0.25) is 0 Å². The number of carboxylic acids is 1. The molecule has 0 spiro atoms. The Morgan fingerprint density at radius 1 is 1.47 bits per heavy atom. The summed E-state index contributed by atoms with van der Waals surface area (Å²) in [5.41, 5.74) is -1.79. The van der Waals surface area contributed by atoms with Crippen molar-refractivity contribution in [1.82, 2.24) is 4.57 Å². The van der Waals surface area contributed by atoms with E-state index in [0.29, 0.717) is 13.0 Å². The van der Waals surface area contributed by atoms with E-state index in [-0.39, 0.29) is 0 Å². The standard InChI is InChI=1S/C9H10F3NO2/c1-2-3-13-4-6(8(14)15)7(5-13)9(10,11)12/h4-5H,2-3H2,1H3,(H,14,15). The van der Waals surface area contributed by atoms with Gasteiger partial charge in [-0.25, -0.2) is 4.79 Å². The van der Waals surface area contributed by atoms with E-state index in [1.807, 2.05) is 0 Å². The summed E-state index contributed by atoms with van der Waals surface area (Å²) in [4.78, 5) is 10.6. The van der Waals surface area contributed by atoms with Gasteiger partial charge in [-0.15, -0.1) is 0 Å². The first-order valence-electron chi connectivity index (χ1n) is 4.36. The van der Waals surface area contributed by atoms with Crippen molar-refractivity contribution in [1.29, 1.82) is 0 Å². The third-order valence-corrected chi connectivity index (χ3v) is 1.90. The van der Waals surface area contributed by atoms with Crippen molar-refractivity contribution in [2.45, 2.75) is 26.1 Å². The molecule has 0 atom stereocenters. The zero-order valence-corrected chi connectivity index (χ0v) is 8.01. The Balaban J connectivity index is 3.18. The molecule has 0 aliphatic rings. The van der Waals surface area contributed by atoms with E-state index in [0.717, 1.165) is 12.4 Å². The van der Waals surface area contributed by atoms with E-state index in [2.05, 4.69) is 0 Å². The van der Waals surface area contributed by atoms with Crippen LogP contribution in [0.1, 0.15) is 29.3 Å². The molecule has 1 heterocycles. The Morgan fingerprint density at radius 2 is 2.07 bits per heavy atom. The van der Waals surface area contributed by atoms with Crippen molar-refractivity contribution in [2.75, 3.05) is 0 Å². The van der Waals surface area contributed by atoms with Crippen LogP contribution in [0.15, 0.2) is 12.4 Å². The average Bonchev–Trinajstić information content (AvgIpc) is 2.48. The Kier molecular flexibility index (Phi) is 3.06. The molecule has 3 nitrogen and oxygen atoms in total. The fourth-order valence-corrected chi connectivity index (χ4v) is 1.29. The summed E-state index contributed by atoms with van der Waals surface area (Å²) in [5, 5.41) is 8.60. The summed E-state index contributed by atoms with van der Waals surface area (Å²) in [5.74, 6) is -1.56. The maximum absolute atomic E-state index is 12.4.